The van der Waals surface area contributed by atoms with E-state index in [1.54, 1.807) is 0 Å². The van der Waals surface area contributed by atoms with Gasteiger partial charge >= 0.3 is 0 Å². The molecule has 0 amide bonds. The fourth-order valence-electron chi connectivity index (χ4n) is 1.64. The summed E-state index contributed by atoms with van der Waals surface area (Å²) in [6, 6.07) is 0. The first kappa shape index (κ1) is 11.0. The Hall–Kier alpha value is -1.04. The van der Waals surface area contributed by atoms with Crippen LogP contribution in [0.2, 0.25) is 0 Å². The second-order valence-corrected chi connectivity index (χ2v) is 4.23. The Kier molecular flexibility index (Phi) is 3.51. The molecule has 1 rings (SSSR count). The third kappa shape index (κ3) is 2.25. The largest absolute Gasteiger partial charge is 0.0736 e. The molecule has 0 aromatic rings. The second kappa shape index (κ2) is 4.45. The minimum atomic E-state index is 0.518. The molecular weight excluding hydrogens is 168 g/mol. The van der Waals surface area contributed by atoms with Gasteiger partial charge in [0.15, 0.2) is 0 Å². The molecule has 0 aromatic carbocycles. The smallest absolute Gasteiger partial charge is 0.0166 e. The van der Waals surface area contributed by atoms with Crippen LogP contribution < -0.4 is 0 Å². The van der Waals surface area contributed by atoms with Crippen molar-refractivity contribution in [2.75, 3.05) is 0 Å². The van der Waals surface area contributed by atoms with Crippen molar-refractivity contribution in [3.63, 3.8) is 0 Å². The van der Waals surface area contributed by atoms with Crippen molar-refractivity contribution in [2.24, 2.45) is 5.92 Å². The van der Waals surface area contributed by atoms with Gasteiger partial charge in [-0.1, -0.05) is 35.5 Å². The summed E-state index contributed by atoms with van der Waals surface area (Å²) in [6.45, 7) is 11.0. The predicted molar refractivity (Wildman–Crippen MR) is 64.2 cm³/mol. The van der Waals surface area contributed by atoms with Gasteiger partial charge in [-0.25, -0.2) is 0 Å². The molecule has 76 valence electrons. The highest BCUT2D eigenvalue weighted by Gasteiger charge is 2.09. The van der Waals surface area contributed by atoms with Crippen LogP contribution >= 0.6 is 0 Å². The van der Waals surface area contributed by atoms with Crippen molar-refractivity contribution in [1.29, 1.82) is 0 Å². The van der Waals surface area contributed by atoms with Crippen LogP contribution in [0.15, 0.2) is 46.6 Å². The van der Waals surface area contributed by atoms with Gasteiger partial charge in [0.05, 0.1) is 0 Å². The maximum atomic E-state index is 2.25. The van der Waals surface area contributed by atoms with Crippen LogP contribution in [0.3, 0.4) is 0 Å². The summed E-state index contributed by atoms with van der Waals surface area (Å²) in [5.74, 6) is 0.518. The van der Waals surface area contributed by atoms with Crippen molar-refractivity contribution in [1.82, 2.24) is 0 Å². The van der Waals surface area contributed by atoms with E-state index in [1.807, 2.05) is 0 Å². The van der Waals surface area contributed by atoms with Crippen LogP contribution in [-0.2, 0) is 0 Å². The first-order chi connectivity index (χ1) is 6.54. The highest BCUT2D eigenvalue weighted by atomic mass is 14.1. The summed E-state index contributed by atoms with van der Waals surface area (Å²) in [5.41, 5.74) is 5.74. The minimum Gasteiger partial charge on any atom is -0.0736 e. The molecule has 0 spiro atoms. The summed E-state index contributed by atoms with van der Waals surface area (Å²) in [5, 5.41) is 0. The van der Waals surface area contributed by atoms with Gasteiger partial charge in [0.1, 0.15) is 0 Å². The monoisotopic (exact) mass is 188 g/mol. The van der Waals surface area contributed by atoms with E-state index in [-0.39, 0.29) is 0 Å². The number of hydrogen-bond acceptors (Lipinski definition) is 0. The van der Waals surface area contributed by atoms with E-state index in [0.717, 1.165) is 0 Å². The lowest BCUT2D eigenvalue weighted by molar-refractivity contribution is 0.952. The standard InChI is InChI=1S/C14H20/c1-10(2)11(3)12(4)13(5)14-8-6-7-9-14/h6-9,14H,1-5H3. The zero-order chi connectivity index (χ0) is 10.7. The zero-order valence-electron chi connectivity index (χ0n) is 9.89. The molecule has 14 heavy (non-hydrogen) atoms. The average molecular weight is 188 g/mol. The maximum absolute atomic E-state index is 2.25. The first-order valence-electron chi connectivity index (χ1n) is 5.21. The van der Waals surface area contributed by atoms with Crippen LogP contribution in [0.4, 0.5) is 0 Å². The van der Waals surface area contributed by atoms with E-state index in [2.05, 4.69) is 58.9 Å². The Morgan fingerprint density at radius 1 is 0.786 bits per heavy atom. The van der Waals surface area contributed by atoms with Crippen molar-refractivity contribution in [2.45, 2.75) is 34.6 Å². The van der Waals surface area contributed by atoms with E-state index in [4.69, 9.17) is 0 Å². The molecule has 1 aliphatic carbocycles. The molecule has 0 N–H and O–H groups in total. The Balaban J connectivity index is 2.99. The molecule has 0 unspecified atom stereocenters. The maximum Gasteiger partial charge on any atom is 0.0166 e. The van der Waals surface area contributed by atoms with Crippen LogP contribution in [0.5, 0.6) is 0 Å². The van der Waals surface area contributed by atoms with Crippen molar-refractivity contribution >= 4 is 0 Å². The molecule has 1 aliphatic rings. The lowest BCUT2D eigenvalue weighted by Crippen LogP contribution is -1.97. The molecule has 0 nitrogen and oxygen atoms in total. The van der Waals surface area contributed by atoms with Gasteiger partial charge in [-0.3, -0.25) is 0 Å². The molecular formula is C14H20. The minimum absolute atomic E-state index is 0.518. The summed E-state index contributed by atoms with van der Waals surface area (Å²) >= 11 is 0. The SMILES string of the molecule is CC(C)=C(C)C(C)=C(C)C1C=CC=C1. The van der Waals surface area contributed by atoms with Gasteiger partial charge in [-0.05, 0) is 45.8 Å². The number of allylic oxidation sites excluding steroid dienone is 8. The Bertz CT molecular complexity index is 319. The molecule has 0 fully saturated rings. The second-order valence-electron chi connectivity index (χ2n) is 4.23. The van der Waals surface area contributed by atoms with Crippen LogP contribution in [0.1, 0.15) is 34.6 Å². The molecule has 0 aromatic heterocycles. The van der Waals surface area contributed by atoms with E-state index in [1.165, 1.54) is 22.3 Å². The van der Waals surface area contributed by atoms with Gasteiger partial charge in [-0.15, -0.1) is 0 Å². The van der Waals surface area contributed by atoms with Gasteiger partial charge in [-0.2, -0.15) is 0 Å². The van der Waals surface area contributed by atoms with E-state index < -0.39 is 0 Å². The van der Waals surface area contributed by atoms with E-state index >= 15 is 0 Å². The topological polar surface area (TPSA) is 0 Å². The molecule has 0 aliphatic heterocycles. The van der Waals surface area contributed by atoms with Crippen LogP contribution in [0.25, 0.3) is 0 Å². The van der Waals surface area contributed by atoms with Gasteiger partial charge in [0.25, 0.3) is 0 Å². The Labute approximate surface area is 87.7 Å². The fraction of sp³-hybridized carbons (Fsp3) is 0.429. The first-order valence-corrected chi connectivity index (χ1v) is 5.21. The molecule has 0 saturated carbocycles. The molecule has 0 saturated heterocycles. The third-order valence-corrected chi connectivity index (χ3v) is 3.15. The highest BCUT2D eigenvalue weighted by Crippen LogP contribution is 2.26. The molecule has 0 atom stereocenters. The quantitative estimate of drug-likeness (QED) is 0.563. The summed E-state index contributed by atoms with van der Waals surface area (Å²) in [6.07, 6.45) is 8.74. The van der Waals surface area contributed by atoms with Crippen molar-refractivity contribution in [3.8, 4) is 0 Å². The van der Waals surface area contributed by atoms with E-state index in [9.17, 15) is 0 Å². The number of hydrogen-bond donors (Lipinski definition) is 0. The zero-order valence-corrected chi connectivity index (χ0v) is 9.89. The molecule has 0 bridgehead atoms. The van der Waals surface area contributed by atoms with Crippen molar-refractivity contribution < 1.29 is 0 Å². The Morgan fingerprint density at radius 2 is 1.29 bits per heavy atom. The fourth-order valence-corrected chi connectivity index (χ4v) is 1.64. The van der Waals surface area contributed by atoms with Crippen LogP contribution in [0, 0.1) is 5.92 Å². The summed E-state index contributed by atoms with van der Waals surface area (Å²) < 4.78 is 0. The van der Waals surface area contributed by atoms with Gasteiger partial charge in [0.2, 0.25) is 0 Å². The summed E-state index contributed by atoms with van der Waals surface area (Å²) in [7, 11) is 0. The average Bonchev–Trinajstić information content (AvgIpc) is 2.67. The lowest BCUT2D eigenvalue weighted by atomic mass is 9.92. The van der Waals surface area contributed by atoms with Gasteiger partial charge in [0, 0.05) is 5.92 Å². The third-order valence-electron chi connectivity index (χ3n) is 3.15. The normalized spacial score (nSPS) is 17.2. The highest BCUT2D eigenvalue weighted by molar-refractivity contribution is 5.39. The molecule has 0 radical (unpaired) electrons. The molecule has 0 heterocycles. The Morgan fingerprint density at radius 3 is 1.71 bits per heavy atom. The molecule has 0 heteroatoms. The lowest BCUT2D eigenvalue weighted by Gasteiger charge is -2.13. The van der Waals surface area contributed by atoms with Crippen molar-refractivity contribution in [3.05, 3.63) is 46.6 Å². The van der Waals surface area contributed by atoms with Crippen LogP contribution in [-0.4, -0.2) is 0 Å². The predicted octanol–water partition coefficient (Wildman–Crippen LogP) is 4.42. The summed E-state index contributed by atoms with van der Waals surface area (Å²) in [4.78, 5) is 0. The number of rotatable bonds is 2. The van der Waals surface area contributed by atoms with E-state index in [0.29, 0.717) is 5.92 Å². The van der Waals surface area contributed by atoms with Gasteiger partial charge < -0.3 is 0 Å².